The molecule has 0 amide bonds. The number of nitrogens with one attached hydrogen (secondary N) is 1. The molecule has 160 valence electrons. The number of hydrogen-bond donors (Lipinski definition) is 1. The van der Waals surface area contributed by atoms with Gasteiger partial charge >= 0.3 is 0 Å². The number of thiazole rings is 1. The molecule has 0 unspecified atom stereocenters. The van der Waals surface area contributed by atoms with Crippen LogP contribution in [0.3, 0.4) is 0 Å². The minimum atomic E-state index is 0.699. The SMILES string of the molecule is c1ccc(-n2ncc3c(Nc4nc5ccc(CN6CCOCC6)cc5s4)ncnc32)cc1. The summed E-state index contributed by atoms with van der Waals surface area (Å²) in [7, 11) is 0. The summed E-state index contributed by atoms with van der Waals surface area (Å²) >= 11 is 1.63. The molecule has 0 saturated carbocycles. The molecule has 5 aromatic rings. The summed E-state index contributed by atoms with van der Waals surface area (Å²) < 4.78 is 8.42. The maximum atomic E-state index is 5.45. The highest BCUT2D eigenvalue weighted by atomic mass is 32.1. The van der Waals surface area contributed by atoms with Crippen LogP contribution >= 0.6 is 11.3 Å². The van der Waals surface area contributed by atoms with E-state index in [4.69, 9.17) is 9.72 Å². The normalized spacial score (nSPS) is 14.9. The van der Waals surface area contributed by atoms with Crippen LogP contribution in [0.4, 0.5) is 10.9 Å². The molecule has 1 aliphatic heterocycles. The van der Waals surface area contributed by atoms with Gasteiger partial charge in [0.15, 0.2) is 10.8 Å². The van der Waals surface area contributed by atoms with E-state index in [1.54, 1.807) is 23.9 Å². The maximum Gasteiger partial charge on any atom is 0.189 e. The van der Waals surface area contributed by atoms with E-state index < -0.39 is 0 Å². The number of benzene rings is 2. The summed E-state index contributed by atoms with van der Waals surface area (Å²) in [5.74, 6) is 0.699. The third-order valence-corrected chi connectivity index (χ3v) is 6.49. The average Bonchev–Trinajstić information content (AvgIpc) is 3.44. The van der Waals surface area contributed by atoms with Crippen molar-refractivity contribution in [2.24, 2.45) is 0 Å². The highest BCUT2D eigenvalue weighted by Crippen LogP contribution is 2.31. The highest BCUT2D eigenvalue weighted by Gasteiger charge is 2.14. The van der Waals surface area contributed by atoms with Crippen molar-refractivity contribution in [3.05, 3.63) is 66.6 Å². The largest absolute Gasteiger partial charge is 0.379 e. The Morgan fingerprint density at radius 2 is 1.91 bits per heavy atom. The molecule has 0 aliphatic carbocycles. The van der Waals surface area contributed by atoms with Gasteiger partial charge in [-0.3, -0.25) is 4.90 Å². The van der Waals surface area contributed by atoms with E-state index in [1.807, 2.05) is 35.0 Å². The average molecular weight is 444 g/mol. The van der Waals surface area contributed by atoms with E-state index in [1.165, 1.54) is 5.56 Å². The van der Waals surface area contributed by atoms with Gasteiger partial charge in [-0.15, -0.1) is 0 Å². The summed E-state index contributed by atoms with van der Waals surface area (Å²) in [5, 5.41) is 9.55. The van der Waals surface area contributed by atoms with E-state index in [9.17, 15) is 0 Å². The smallest absolute Gasteiger partial charge is 0.189 e. The minimum Gasteiger partial charge on any atom is -0.379 e. The summed E-state index contributed by atoms with van der Waals surface area (Å²) in [5.41, 5.74) is 3.99. The van der Waals surface area contributed by atoms with Crippen LogP contribution in [0, 0.1) is 0 Å². The molecule has 1 aliphatic rings. The van der Waals surface area contributed by atoms with Gasteiger partial charge < -0.3 is 10.1 Å². The molecule has 4 heterocycles. The van der Waals surface area contributed by atoms with E-state index in [0.717, 1.165) is 64.9 Å². The molecule has 0 radical (unpaired) electrons. The Morgan fingerprint density at radius 3 is 2.78 bits per heavy atom. The van der Waals surface area contributed by atoms with Crippen LogP contribution in [-0.4, -0.2) is 55.9 Å². The molecule has 3 aromatic heterocycles. The molecule has 8 nitrogen and oxygen atoms in total. The fraction of sp³-hybridized carbons (Fsp3) is 0.217. The van der Waals surface area contributed by atoms with Gasteiger partial charge in [0.25, 0.3) is 0 Å². The molecule has 1 N–H and O–H groups in total. The Hall–Kier alpha value is -3.40. The number of fused-ring (bicyclic) bond motifs is 2. The van der Waals surface area contributed by atoms with Crippen LogP contribution in [0.1, 0.15) is 5.56 Å². The van der Waals surface area contributed by atoms with E-state index in [-0.39, 0.29) is 0 Å². The third kappa shape index (κ3) is 3.70. The van der Waals surface area contributed by atoms with Crippen LogP contribution in [0.25, 0.3) is 26.9 Å². The van der Waals surface area contributed by atoms with Gasteiger partial charge in [-0.25, -0.2) is 19.6 Å². The molecule has 1 saturated heterocycles. The number of ether oxygens (including phenoxy) is 1. The van der Waals surface area contributed by atoms with Gasteiger partial charge in [0.1, 0.15) is 12.1 Å². The van der Waals surface area contributed by atoms with Crippen molar-refractivity contribution in [2.45, 2.75) is 6.54 Å². The molecule has 9 heteroatoms. The van der Waals surface area contributed by atoms with Gasteiger partial charge in [0.2, 0.25) is 0 Å². The van der Waals surface area contributed by atoms with Crippen LogP contribution in [-0.2, 0) is 11.3 Å². The Balaban J connectivity index is 1.28. The molecule has 6 rings (SSSR count). The fourth-order valence-electron chi connectivity index (χ4n) is 3.94. The second-order valence-electron chi connectivity index (χ2n) is 7.69. The number of anilines is 2. The maximum absolute atomic E-state index is 5.45. The Kier molecular flexibility index (Phi) is 4.99. The Morgan fingerprint density at radius 1 is 1.03 bits per heavy atom. The first-order valence-corrected chi connectivity index (χ1v) is 11.4. The highest BCUT2D eigenvalue weighted by molar-refractivity contribution is 7.22. The monoisotopic (exact) mass is 443 g/mol. The number of hydrogen-bond acceptors (Lipinski definition) is 8. The summed E-state index contributed by atoms with van der Waals surface area (Å²) in [6, 6.07) is 16.4. The number of aromatic nitrogens is 5. The van der Waals surface area contributed by atoms with Gasteiger partial charge in [0.05, 0.1) is 40.7 Å². The first-order chi connectivity index (χ1) is 15.8. The standard InChI is InChI=1S/C23H21N7OS/c1-2-4-17(5-3-1)30-22-18(13-26-30)21(24-15-25-22)28-23-27-19-7-6-16(12-20(19)32-23)14-29-8-10-31-11-9-29/h1-7,12-13,15H,8-11,14H2,(H,24,25,27,28). The molecule has 0 atom stereocenters. The zero-order valence-corrected chi connectivity index (χ0v) is 18.1. The number of nitrogens with zero attached hydrogens (tertiary/aromatic N) is 6. The number of para-hydroxylation sites is 1. The molecule has 1 fully saturated rings. The predicted molar refractivity (Wildman–Crippen MR) is 126 cm³/mol. The molecular formula is C23H21N7OS. The van der Waals surface area contributed by atoms with E-state index >= 15 is 0 Å². The minimum absolute atomic E-state index is 0.699. The molecule has 0 bridgehead atoms. The summed E-state index contributed by atoms with van der Waals surface area (Å²) in [4.78, 5) is 16.1. The predicted octanol–water partition coefficient (Wildman–Crippen LogP) is 4.00. The number of morpholine rings is 1. The summed E-state index contributed by atoms with van der Waals surface area (Å²) in [6.45, 7) is 4.52. The first kappa shape index (κ1) is 19.3. The molecular weight excluding hydrogens is 422 g/mol. The van der Waals surface area contributed by atoms with Crippen molar-refractivity contribution in [1.82, 2.24) is 29.6 Å². The van der Waals surface area contributed by atoms with Crippen molar-refractivity contribution >= 4 is 43.5 Å². The van der Waals surface area contributed by atoms with Crippen LogP contribution in [0.5, 0.6) is 0 Å². The lowest BCUT2D eigenvalue weighted by molar-refractivity contribution is 0.0342. The zero-order chi connectivity index (χ0) is 21.3. The van der Waals surface area contributed by atoms with Crippen molar-refractivity contribution < 1.29 is 4.74 Å². The van der Waals surface area contributed by atoms with Crippen molar-refractivity contribution in [1.29, 1.82) is 0 Å². The lowest BCUT2D eigenvalue weighted by Crippen LogP contribution is -2.35. The van der Waals surface area contributed by atoms with E-state index in [2.05, 4.69) is 43.5 Å². The Labute approximate surface area is 188 Å². The lowest BCUT2D eigenvalue weighted by Gasteiger charge is -2.26. The number of rotatable bonds is 5. The molecule has 32 heavy (non-hydrogen) atoms. The topological polar surface area (TPSA) is 81.0 Å². The van der Waals surface area contributed by atoms with Crippen molar-refractivity contribution in [2.75, 3.05) is 31.6 Å². The van der Waals surface area contributed by atoms with Gasteiger partial charge in [-0.1, -0.05) is 35.6 Å². The van der Waals surface area contributed by atoms with Crippen molar-refractivity contribution in [3.8, 4) is 5.69 Å². The molecule has 0 spiro atoms. The second kappa shape index (κ2) is 8.27. The zero-order valence-electron chi connectivity index (χ0n) is 17.3. The molecule has 2 aromatic carbocycles. The quantitative estimate of drug-likeness (QED) is 0.440. The summed E-state index contributed by atoms with van der Waals surface area (Å²) in [6.07, 6.45) is 3.35. The third-order valence-electron chi connectivity index (χ3n) is 5.55. The van der Waals surface area contributed by atoms with Gasteiger partial charge in [0, 0.05) is 19.6 Å². The first-order valence-electron chi connectivity index (χ1n) is 10.5. The van der Waals surface area contributed by atoms with E-state index in [0.29, 0.717) is 5.82 Å². The van der Waals surface area contributed by atoms with Gasteiger partial charge in [-0.2, -0.15) is 5.10 Å². The second-order valence-corrected chi connectivity index (χ2v) is 8.72. The Bertz CT molecular complexity index is 1380. The van der Waals surface area contributed by atoms with Crippen molar-refractivity contribution in [3.63, 3.8) is 0 Å². The fourth-order valence-corrected chi connectivity index (χ4v) is 4.87. The van der Waals surface area contributed by atoms with Crippen LogP contribution < -0.4 is 5.32 Å². The van der Waals surface area contributed by atoms with Crippen LogP contribution in [0.2, 0.25) is 0 Å². The lowest BCUT2D eigenvalue weighted by atomic mass is 10.2. The van der Waals surface area contributed by atoms with Crippen LogP contribution in [0.15, 0.2) is 61.1 Å². The van der Waals surface area contributed by atoms with Gasteiger partial charge in [-0.05, 0) is 29.8 Å².